The van der Waals surface area contributed by atoms with E-state index >= 15 is 0 Å². The average molecular weight is 315 g/mol. The van der Waals surface area contributed by atoms with Gasteiger partial charge in [-0.2, -0.15) is 10.3 Å². The molecule has 1 saturated carbocycles. The van der Waals surface area contributed by atoms with Gasteiger partial charge in [0.15, 0.2) is 6.19 Å². The first-order valence-corrected chi connectivity index (χ1v) is 7.92. The summed E-state index contributed by atoms with van der Waals surface area (Å²) in [5, 5.41) is 9.50. The molecule has 6 heteroatoms. The molecule has 22 heavy (non-hydrogen) atoms. The summed E-state index contributed by atoms with van der Waals surface area (Å²) < 4.78 is 0. The molecule has 0 spiro atoms. The number of benzene rings is 1. The predicted octanol–water partition coefficient (Wildman–Crippen LogP) is 2.38. The highest BCUT2D eigenvalue weighted by molar-refractivity contribution is 7.78. The van der Waals surface area contributed by atoms with Crippen LogP contribution in [0.4, 0.5) is 11.4 Å². The van der Waals surface area contributed by atoms with Crippen LogP contribution in [0.5, 0.6) is 0 Å². The van der Waals surface area contributed by atoms with Crippen molar-refractivity contribution in [2.45, 2.75) is 12.8 Å². The second-order valence-corrected chi connectivity index (χ2v) is 5.76. The van der Waals surface area contributed by atoms with Gasteiger partial charge in [-0.1, -0.05) is 0 Å². The highest BCUT2D eigenvalue weighted by Crippen LogP contribution is 2.30. The normalized spacial score (nSPS) is 17.7. The Labute approximate surface area is 137 Å². The monoisotopic (exact) mass is 315 g/mol. The summed E-state index contributed by atoms with van der Waals surface area (Å²) in [6.45, 7) is 5.95. The van der Waals surface area contributed by atoms with Gasteiger partial charge in [0.2, 0.25) is 0 Å². The maximum atomic E-state index is 7.10. The molecule has 0 atom stereocenters. The van der Waals surface area contributed by atoms with Gasteiger partial charge < -0.3 is 10.6 Å². The first-order chi connectivity index (χ1) is 10.8. The minimum Gasteiger partial charge on any atom is -0.369 e. The molecule has 1 aromatic carbocycles. The molecule has 0 unspecified atom stereocenters. The number of aliphatic imine (C=N–C) groups is 1. The molecule has 5 nitrogen and oxygen atoms in total. The molecule has 2 aliphatic rings. The zero-order valence-corrected chi connectivity index (χ0v) is 13.4. The van der Waals surface area contributed by atoms with Gasteiger partial charge in [0.25, 0.3) is 0 Å². The van der Waals surface area contributed by atoms with E-state index in [1.807, 2.05) is 12.1 Å². The van der Waals surface area contributed by atoms with E-state index in [0.29, 0.717) is 0 Å². The lowest BCUT2D eigenvalue weighted by Gasteiger charge is -2.36. The predicted molar refractivity (Wildman–Crippen MR) is 92.3 cm³/mol. The number of rotatable bonds is 4. The lowest BCUT2D eigenvalue weighted by molar-refractivity contribution is 0.248. The van der Waals surface area contributed by atoms with Crippen LogP contribution in [-0.2, 0) is 0 Å². The van der Waals surface area contributed by atoms with Crippen molar-refractivity contribution in [3.63, 3.8) is 0 Å². The highest BCUT2D eigenvalue weighted by Gasteiger charge is 2.26. The second kappa shape index (κ2) is 8.50. The molecule has 0 amide bonds. The minimum absolute atomic E-state index is 0.881. The van der Waals surface area contributed by atoms with Crippen molar-refractivity contribution < 1.29 is 0 Å². The molecule has 1 saturated heterocycles. The van der Waals surface area contributed by atoms with Gasteiger partial charge in [-0.3, -0.25) is 4.90 Å². The molecule has 0 aromatic heterocycles. The van der Waals surface area contributed by atoms with Crippen LogP contribution in [-0.4, -0.2) is 42.8 Å². The van der Waals surface area contributed by atoms with Gasteiger partial charge in [0.05, 0.1) is 10.8 Å². The number of hydrogen-bond donors (Lipinski definition) is 1. The van der Waals surface area contributed by atoms with Crippen LogP contribution in [0.3, 0.4) is 0 Å². The lowest BCUT2D eigenvalue weighted by Crippen LogP contribution is -2.47. The van der Waals surface area contributed by atoms with Crippen LogP contribution in [0.2, 0.25) is 0 Å². The summed E-state index contributed by atoms with van der Waals surface area (Å²) in [5.74, 6) is 0.998. The Kier molecular flexibility index (Phi) is 6.35. The zero-order valence-electron chi connectivity index (χ0n) is 12.6. The first kappa shape index (κ1) is 16.4. The van der Waals surface area contributed by atoms with Gasteiger partial charge in [0, 0.05) is 38.4 Å². The third kappa shape index (κ3) is 5.12. The molecule has 1 aliphatic carbocycles. The molecule has 1 heterocycles. The van der Waals surface area contributed by atoms with E-state index in [1.54, 1.807) is 0 Å². The molecule has 116 valence electrons. The van der Waals surface area contributed by atoms with Crippen LogP contribution < -0.4 is 10.6 Å². The SMILES string of the molecule is N#CN.S=C=Nc1ccc(N2CCN(CC3CC3)CC2)cc1. The van der Waals surface area contributed by atoms with Crippen LogP contribution >= 0.6 is 12.2 Å². The van der Waals surface area contributed by atoms with Crippen molar-refractivity contribution in [1.82, 2.24) is 4.90 Å². The van der Waals surface area contributed by atoms with Gasteiger partial charge >= 0.3 is 0 Å². The Balaban J connectivity index is 0.000000545. The summed E-state index contributed by atoms with van der Waals surface area (Å²) in [4.78, 5) is 9.05. The number of nitriles is 1. The third-order valence-electron chi connectivity index (χ3n) is 3.98. The fraction of sp³-hybridized carbons (Fsp3) is 0.500. The van der Waals surface area contributed by atoms with E-state index in [1.165, 1.54) is 44.4 Å². The maximum Gasteiger partial charge on any atom is 0.173 e. The van der Waals surface area contributed by atoms with E-state index < -0.39 is 0 Å². The fourth-order valence-corrected chi connectivity index (χ4v) is 2.75. The standard InChI is InChI=1S/C15H19N3S.CH2N2/c19-12-16-14-3-5-15(6-4-14)18-9-7-17(8-10-18)11-13-1-2-13;2-1-3/h3-6,13H,1-2,7-11H2;2H2. The largest absolute Gasteiger partial charge is 0.369 e. The molecule has 1 aliphatic heterocycles. The van der Waals surface area contributed by atoms with Gasteiger partial charge in [-0.15, -0.1) is 0 Å². The summed E-state index contributed by atoms with van der Waals surface area (Å²) in [6.07, 6.45) is 4.14. The number of nitrogens with zero attached hydrogens (tertiary/aromatic N) is 4. The Morgan fingerprint density at radius 1 is 1.18 bits per heavy atom. The Morgan fingerprint density at radius 2 is 1.77 bits per heavy atom. The molecule has 3 rings (SSSR count). The second-order valence-electron chi connectivity index (χ2n) is 5.58. The highest BCUT2D eigenvalue weighted by atomic mass is 32.1. The van der Waals surface area contributed by atoms with E-state index in [-0.39, 0.29) is 0 Å². The number of hydrogen-bond acceptors (Lipinski definition) is 6. The van der Waals surface area contributed by atoms with E-state index in [9.17, 15) is 0 Å². The smallest absolute Gasteiger partial charge is 0.173 e. The Morgan fingerprint density at radius 3 is 2.27 bits per heavy atom. The van der Waals surface area contributed by atoms with Crippen molar-refractivity contribution in [2.24, 2.45) is 16.6 Å². The summed E-state index contributed by atoms with van der Waals surface area (Å²) in [5.41, 5.74) is 6.32. The molecule has 2 fully saturated rings. The fourth-order valence-electron chi connectivity index (χ4n) is 2.64. The van der Waals surface area contributed by atoms with Crippen LogP contribution in [0.1, 0.15) is 12.8 Å². The third-order valence-corrected chi connectivity index (χ3v) is 4.07. The minimum atomic E-state index is 0.881. The van der Waals surface area contributed by atoms with E-state index in [4.69, 9.17) is 5.26 Å². The number of isothiocyanates is 1. The number of anilines is 1. The van der Waals surface area contributed by atoms with Crippen molar-refractivity contribution >= 4 is 28.8 Å². The van der Waals surface area contributed by atoms with Gasteiger partial charge in [-0.05, 0) is 55.2 Å². The summed E-state index contributed by atoms with van der Waals surface area (Å²) >= 11 is 4.61. The number of thiocarbonyl (C=S) groups is 1. The van der Waals surface area contributed by atoms with Gasteiger partial charge in [0.1, 0.15) is 0 Å². The molecular formula is C16H21N5S. The molecule has 0 bridgehead atoms. The molecule has 1 aromatic rings. The quantitative estimate of drug-likeness (QED) is 0.400. The average Bonchev–Trinajstić information content (AvgIpc) is 3.34. The van der Waals surface area contributed by atoms with Crippen LogP contribution in [0.15, 0.2) is 29.3 Å². The summed E-state index contributed by atoms with van der Waals surface area (Å²) in [7, 11) is 0. The molecule has 2 N–H and O–H groups in total. The zero-order chi connectivity index (χ0) is 15.8. The first-order valence-electron chi connectivity index (χ1n) is 7.51. The lowest BCUT2D eigenvalue weighted by atomic mass is 10.2. The number of piperazine rings is 1. The molecular weight excluding hydrogens is 294 g/mol. The van der Waals surface area contributed by atoms with Crippen molar-refractivity contribution in [3.8, 4) is 6.19 Å². The summed E-state index contributed by atoms with van der Waals surface area (Å²) in [6, 6.07) is 8.26. The Bertz CT molecular complexity index is 547. The van der Waals surface area contributed by atoms with Crippen molar-refractivity contribution in [3.05, 3.63) is 24.3 Å². The van der Waals surface area contributed by atoms with Crippen LogP contribution in [0, 0.1) is 17.4 Å². The van der Waals surface area contributed by atoms with Gasteiger partial charge in [-0.25, -0.2) is 0 Å². The Hall–Kier alpha value is -1.93. The molecule has 0 radical (unpaired) electrons. The van der Waals surface area contributed by atoms with E-state index in [0.717, 1.165) is 24.7 Å². The van der Waals surface area contributed by atoms with Crippen LogP contribution in [0.25, 0.3) is 0 Å². The van der Waals surface area contributed by atoms with Crippen molar-refractivity contribution in [1.29, 1.82) is 5.26 Å². The number of nitrogens with two attached hydrogens (primary N) is 1. The topological polar surface area (TPSA) is 68.6 Å². The van der Waals surface area contributed by atoms with E-state index in [2.05, 4.69) is 50.0 Å². The van der Waals surface area contributed by atoms with Crippen molar-refractivity contribution in [2.75, 3.05) is 37.6 Å². The maximum absolute atomic E-state index is 7.10.